The van der Waals surface area contributed by atoms with E-state index in [0.717, 1.165) is 30.7 Å². The molecule has 0 bridgehead atoms. The number of rotatable bonds is 6. The predicted molar refractivity (Wildman–Crippen MR) is 96.3 cm³/mol. The van der Waals surface area contributed by atoms with Gasteiger partial charge in [-0.2, -0.15) is 0 Å². The molecule has 1 heterocycles. The second-order valence-corrected chi connectivity index (χ2v) is 6.79. The zero-order chi connectivity index (χ0) is 17.7. The fourth-order valence-electron chi connectivity index (χ4n) is 3.11. The molecule has 1 fully saturated rings. The molecule has 24 heavy (non-hydrogen) atoms. The Morgan fingerprint density at radius 2 is 2.17 bits per heavy atom. The summed E-state index contributed by atoms with van der Waals surface area (Å²) in [6.45, 7) is 3.34. The Bertz CT molecular complexity index is 583. The van der Waals surface area contributed by atoms with E-state index in [1.807, 2.05) is 6.07 Å². The van der Waals surface area contributed by atoms with Crippen LogP contribution in [0.25, 0.3) is 0 Å². The summed E-state index contributed by atoms with van der Waals surface area (Å²) in [6.07, 6.45) is 1.84. The summed E-state index contributed by atoms with van der Waals surface area (Å²) < 4.78 is 10.2. The number of esters is 1. The first-order valence-electron chi connectivity index (χ1n) is 8.04. The van der Waals surface area contributed by atoms with Gasteiger partial charge in [-0.1, -0.05) is 23.2 Å². The van der Waals surface area contributed by atoms with Crippen molar-refractivity contribution in [2.75, 3.05) is 27.3 Å². The lowest BCUT2D eigenvalue weighted by Crippen LogP contribution is -2.47. The molecular weight excluding hydrogens is 351 g/mol. The molecule has 0 spiro atoms. The highest BCUT2D eigenvalue weighted by atomic mass is 35.5. The number of hydrogen-bond donors (Lipinski definition) is 2. The minimum Gasteiger partial charge on any atom is -0.496 e. The quantitative estimate of drug-likeness (QED) is 0.749. The molecule has 1 saturated heterocycles. The van der Waals surface area contributed by atoms with Gasteiger partial charge in [0, 0.05) is 18.2 Å². The molecule has 7 heteroatoms. The van der Waals surface area contributed by atoms with Gasteiger partial charge in [0.05, 0.1) is 24.3 Å². The van der Waals surface area contributed by atoms with Crippen molar-refractivity contribution in [1.29, 1.82) is 0 Å². The van der Waals surface area contributed by atoms with Crippen LogP contribution in [0.5, 0.6) is 5.75 Å². The lowest BCUT2D eigenvalue weighted by atomic mass is 9.85. The molecule has 0 amide bonds. The summed E-state index contributed by atoms with van der Waals surface area (Å²) in [4.78, 5) is 11.5. The second-order valence-electron chi connectivity index (χ2n) is 6.00. The molecule has 1 aromatic rings. The minimum atomic E-state index is -0.332. The van der Waals surface area contributed by atoms with Crippen molar-refractivity contribution in [1.82, 2.24) is 10.6 Å². The molecule has 1 aliphatic heterocycles. The van der Waals surface area contributed by atoms with E-state index in [9.17, 15) is 4.79 Å². The first kappa shape index (κ1) is 19.3. The monoisotopic (exact) mass is 374 g/mol. The average molecular weight is 375 g/mol. The molecule has 0 radical (unpaired) electrons. The number of piperidine rings is 1. The van der Waals surface area contributed by atoms with Gasteiger partial charge in [-0.25, -0.2) is 0 Å². The van der Waals surface area contributed by atoms with Gasteiger partial charge >= 0.3 is 5.97 Å². The van der Waals surface area contributed by atoms with Gasteiger partial charge < -0.3 is 20.1 Å². The first-order chi connectivity index (χ1) is 11.5. The maximum Gasteiger partial charge on any atom is 0.322 e. The molecule has 2 N–H and O–H groups in total. The summed E-state index contributed by atoms with van der Waals surface area (Å²) in [7, 11) is 3.03. The normalized spacial score (nSPS) is 22.0. The van der Waals surface area contributed by atoms with Crippen molar-refractivity contribution in [3.8, 4) is 5.75 Å². The van der Waals surface area contributed by atoms with E-state index in [0.29, 0.717) is 16.6 Å². The van der Waals surface area contributed by atoms with Crippen LogP contribution in [0.1, 0.15) is 31.2 Å². The van der Waals surface area contributed by atoms with Crippen LogP contribution in [0.4, 0.5) is 0 Å². The maximum absolute atomic E-state index is 11.5. The number of ether oxygens (including phenoxy) is 2. The van der Waals surface area contributed by atoms with Gasteiger partial charge in [0.25, 0.3) is 0 Å². The van der Waals surface area contributed by atoms with Gasteiger partial charge in [-0.3, -0.25) is 4.79 Å². The van der Waals surface area contributed by atoms with Crippen LogP contribution in [0, 0.1) is 0 Å². The summed E-state index contributed by atoms with van der Waals surface area (Å²) in [6, 6.07) is 3.51. The Morgan fingerprint density at radius 3 is 2.83 bits per heavy atom. The molecule has 0 aliphatic carbocycles. The first-order valence-corrected chi connectivity index (χ1v) is 8.80. The molecular formula is C17H24Cl2N2O3. The Balaban J connectivity index is 2.06. The van der Waals surface area contributed by atoms with Gasteiger partial charge in [0.1, 0.15) is 11.8 Å². The van der Waals surface area contributed by atoms with Crippen molar-refractivity contribution in [2.45, 2.75) is 37.8 Å². The smallest absolute Gasteiger partial charge is 0.322 e. The van der Waals surface area contributed by atoms with Crippen LogP contribution < -0.4 is 15.4 Å². The largest absolute Gasteiger partial charge is 0.496 e. The number of benzene rings is 1. The van der Waals surface area contributed by atoms with E-state index in [1.54, 1.807) is 20.1 Å². The Labute approximate surface area is 153 Å². The Hall–Kier alpha value is -1.01. The average Bonchev–Trinajstić information content (AvgIpc) is 2.61. The van der Waals surface area contributed by atoms with Crippen LogP contribution in [0.2, 0.25) is 10.0 Å². The Kier molecular flexibility index (Phi) is 7.16. The summed E-state index contributed by atoms with van der Waals surface area (Å²) in [5.41, 5.74) is 0.971. The van der Waals surface area contributed by atoms with Gasteiger partial charge in [-0.15, -0.1) is 0 Å². The number of methoxy groups -OCH3 is 2. The van der Waals surface area contributed by atoms with Gasteiger partial charge in [0.2, 0.25) is 0 Å². The number of carbonyl (C=O) groups excluding carboxylic acids is 1. The maximum atomic E-state index is 11.5. The molecule has 1 aliphatic rings. The fourth-order valence-corrected chi connectivity index (χ4v) is 3.59. The highest BCUT2D eigenvalue weighted by Crippen LogP contribution is 2.42. The number of nitrogens with one attached hydrogen (secondary N) is 2. The third-order valence-corrected chi connectivity index (χ3v) is 5.26. The topological polar surface area (TPSA) is 59.6 Å². The van der Waals surface area contributed by atoms with Crippen molar-refractivity contribution >= 4 is 29.2 Å². The van der Waals surface area contributed by atoms with E-state index in [-0.39, 0.29) is 24.0 Å². The molecule has 2 rings (SSSR count). The zero-order valence-corrected chi connectivity index (χ0v) is 15.7. The van der Waals surface area contributed by atoms with E-state index < -0.39 is 0 Å². The third-order valence-electron chi connectivity index (χ3n) is 4.44. The van der Waals surface area contributed by atoms with Gasteiger partial charge in [0.15, 0.2) is 0 Å². The van der Waals surface area contributed by atoms with Crippen molar-refractivity contribution in [2.24, 2.45) is 0 Å². The number of halogens is 2. The van der Waals surface area contributed by atoms with Crippen molar-refractivity contribution in [3.63, 3.8) is 0 Å². The standard InChI is InChI=1S/C17H24Cl2N2O3/c1-10(17(22)24-3)21-9-12-8-11(6-7-20-12)15-14(23-2)5-4-13(18)16(15)19/h4-5,10-12,20-21H,6-9H2,1-3H3/t10-,11+,12-/m0/s1. The zero-order valence-electron chi connectivity index (χ0n) is 14.2. The second kappa shape index (κ2) is 8.90. The van der Waals surface area contributed by atoms with E-state index in [2.05, 4.69) is 10.6 Å². The van der Waals surface area contributed by atoms with Crippen molar-refractivity contribution in [3.05, 3.63) is 27.7 Å². The molecule has 134 valence electrons. The summed E-state index contributed by atoms with van der Waals surface area (Å²) in [5.74, 6) is 0.764. The lowest BCUT2D eigenvalue weighted by Gasteiger charge is -2.32. The SMILES string of the molecule is COC(=O)[C@H](C)NC[C@@H]1C[C@H](c2c(OC)ccc(Cl)c2Cl)CCN1. The van der Waals surface area contributed by atoms with Gasteiger partial charge in [-0.05, 0) is 44.4 Å². The highest BCUT2D eigenvalue weighted by molar-refractivity contribution is 6.42. The van der Waals surface area contributed by atoms with E-state index in [4.69, 9.17) is 32.7 Å². The molecule has 3 atom stereocenters. The van der Waals surface area contributed by atoms with Crippen LogP contribution in [-0.2, 0) is 9.53 Å². The molecule has 0 unspecified atom stereocenters. The number of hydrogen-bond acceptors (Lipinski definition) is 5. The minimum absolute atomic E-state index is 0.232. The molecule has 1 aromatic carbocycles. The molecule has 0 aromatic heterocycles. The van der Waals surface area contributed by atoms with Crippen LogP contribution in [0.3, 0.4) is 0 Å². The molecule has 0 saturated carbocycles. The highest BCUT2D eigenvalue weighted by Gasteiger charge is 2.28. The summed E-state index contributed by atoms with van der Waals surface area (Å²) in [5, 5.41) is 7.78. The third kappa shape index (κ3) is 4.54. The van der Waals surface area contributed by atoms with Crippen LogP contribution in [-0.4, -0.2) is 45.4 Å². The Morgan fingerprint density at radius 1 is 1.42 bits per heavy atom. The fraction of sp³-hybridized carbons (Fsp3) is 0.588. The van der Waals surface area contributed by atoms with Crippen LogP contribution >= 0.6 is 23.2 Å². The van der Waals surface area contributed by atoms with E-state index >= 15 is 0 Å². The van der Waals surface area contributed by atoms with Crippen molar-refractivity contribution < 1.29 is 14.3 Å². The lowest BCUT2D eigenvalue weighted by molar-refractivity contribution is -0.142. The molecule has 5 nitrogen and oxygen atoms in total. The number of carbonyl (C=O) groups is 1. The predicted octanol–water partition coefficient (Wildman–Crippen LogP) is 2.99. The van der Waals surface area contributed by atoms with E-state index in [1.165, 1.54) is 7.11 Å². The van der Waals surface area contributed by atoms with Crippen LogP contribution in [0.15, 0.2) is 12.1 Å². The summed E-state index contributed by atoms with van der Waals surface area (Å²) >= 11 is 12.6.